The minimum absolute atomic E-state index is 0.0322. The molecule has 1 aromatic carbocycles. The molecule has 1 N–H and O–H groups in total. The Morgan fingerprint density at radius 3 is 2.19 bits per heavy atom. The highest BCUT2D eigenvalue weighted by atomic mass is 16.3. The molecule has 2 atom stereocenters. The van der Waals surface area contributed by atoms with Crippen molar-refractivity contribution in [2.24, 2.45) is 0 Å². The maximum atomic E-state index is 11.6. The van der Waals surface area contributed by atoms with Crippen LogP contribution in [-0.4, -0.2) is 34.1 Å². The van der Waals surface area contributed by atoms with E-state index < -0.39 is 5.60 Å². The van der Waals surface area contributed by atoms with Gasteiger partial charge in [-0.05, 0) is 56.1 Å². The monoisotopic (exact) mass is 282 g/mol. The maximum absolute atomic E-state index is 11.6. The molecule has 0 saturated carbocycles. The molecule has 21 heavy (non-hydrogen) atoms. The summed E-state index contributed by atoms with van der Waals surface area (Å²) in [6, 6.07) is 13.8. The number of likely N-dealkylation sites (tertiary alicyclic amines) is 1. The third-order valence-corrected chi connectivity index (χ3v) is 4.63. The molecule has 0 amide bonds. The lowest BCUT2D eigenvalue weighted by molar-refractivity contribution is -0.00461. The minimum atomic E-state index is -1.01. The molecular formula is C18H22N2O. The SMILES string of the molecule is CC(N1CCCC1)C(O)(c1ccccc1)c1ccncc1. The predicted octanol–water partition coefficient (Wildman–Crippen LogP) is 2.80. The topological polar surface area (TPSA) is 36.4 Å². The molecule has 2 aromatic rings. The first kappa shape index (κ1) is 14.2. The van der Waals surface area contributed by atoms with Gasteiger partial charge in [-0.1, -0.05) is 30.3 Å². The van der Waals surface area contributed by atoms with E-state index in [9.17, 15) is 5.11 Å². The van der Waals surface area contributed by atoms with Crippen LogP contribution in [0.25, 0.3) is 0 Å². The van der Waals surface area contributed by atoms with Crippen LogP contribution in [0.4, 0.5) is 0 Å². The first-order valence-electron chi connectivity index (χ1n) is 7.65. The average molecular weight is 282 g/mol. The van der Waals surface area contributed by atoms with Crippen LogP contribution in [0.3, 0.4) is 0 Å². The van der Waals surface area contributed by atoms with Crippen molar-refractivity contribution in [3.8, 4) is 0 Å². The number of benzene rings is 1. The number of hydrogen-bond acceptors (Lipinski definition) is 3. The van der Waals surface area contributed by atoms with Gasteiger partial charge in [0, 0.05) is 18.4 Å². The van der Waals surface area contributed by atoms with Gasteiger partial charge in [-0.25, -0.2) is 0 Å². The van der Waals surface area contributed by atoms with Crippen LogP contribution in [0.1, 0.15) is 30.9 Å². The predicted molar refractivity (Wildman–Crippen MR) is 83.9 cm³/mol. The van der Waals surface area contributed by atoms with Gasteiger partial charge in [-0.15, -0.1) is 0 Å². The molecule has 1 aliphatic rings. The van der Waals surface area contributed by atoms with Crippen molar-refractivity contribution in [2.45, 2.75) is 31.4 Å². The number of hydrogen-bond donors (Lipinski definition) is 1. The first-order chi connectivity index (χ1) is 10.2. The third kappa shape index (κ3) is 2.59. The Morgan fingerprint density at radius 1 is 1.00 bits per heavy atom. The van der Waals surface area contributed by atoms with Gasteiger partial charge < -0.3 is 5.11 Å². The molecule has 1 aliphatic heterocycles. The Morgan fingerprint density at radius 2 is 1.57 bits per heavy atom. The van der Waals surface area contributed by atoms with E-state index in [1.165, 1.54) is 12.8 Å². The Hall–Kier alpha value is -1.71. The van der Waals surface area contributed by atoms with Crippen molar-refractivity contribution in [3.05, 3.63) is 66.0 Å². The summed E-state index contributed by atoms with van der Waals surface area (Å²) in [5.41, 5.74) is 0.841. The molecule has 2 unspecified atom stereocenters. The highest BCUT2D eigenvalue weighted by molar-refractivity contribution is 5.37. The molecule has 3 rings (SSSR count). The van der Waals surface area contributed by atoms with Gasteiger partial charge in [-0.3, -0.25) is 9.88 Å². The fourth-order valence-electron chi connectivity index (χ4n) is 3.34. The maximum Gasteiger partial charge on any atom is 0.130 e. The Kier molecular flexibility index (Phi) is 4.04. The molecule has 3 heteroatoms. The molecule has 2 heterocycles. The highest BCUT2D eigenvalue weighted by Gasteiger charge is 2.41. The van der Waals surface area contributed by atoms with Crippen molar-refractivity contribution in [3.63, 3.8) is 0 Å². The molecule has 0 spiro atoms. The quantitative estimate of drug-likeness (QED) is 0.937. The van der Waals surface area contributed by atoms with Gasteiger partial charge in [-0.2, -0.15) is 0 Å². The van der Waals surface area contributed by atoms with E-state index in [1.807, 2.05) is 42.5 Å². The standard InChI is InChI=1S/C18H22N2O/c1-15(20-13-5-6-14-20)18(21,16-7-3-2-4-8-16)17-9-11-19-12-10-17/h2-4,7-12,15,21H,5-6,13-14H2,1H3. The zero-order valence-electron chi connectivity index (χ0n) is 12.4. The van der Waals surface area contributed by atoms with Gasteiger partial charge >= 0.3 is 0 Å². The van der Waals surface area contributed by atoms with Crippen molar-refractivity contribution >= 4 is 0 Å². The normalized spacial score (nSPS) is 20.1. The fraction of sp³-hybridized carbons (Fsp3) is 0.389. The Balaban J connectivity index is 2.06. The number of pyridine rings is 1. The van der Waals surface area contributed by atoms with Gasteiger partial charge in [0.15, 0.2) is 0 Å². The van der Waals surface area contributed by atoms with Gasteiger partial charge in [0.05, 0.1) is 0 Å². The van der Waals surface area contributed by atoms with E-state index in [-0.39, 0.29) is 6.04 Å². The Labute approximate surface area is 126 Å². The number of nitrogens with zero attached hydrogens (tertiary/aromatic N) is 2. The Bertz CT molecular complexity index is 525. The largest absolute Gasteiger partial charge is 0.379 e. The van der Waals surface area contributed by atoms with Crippen LogP contribution in [0.15, 0.2) is 54.9 Å². The molecule has 0 aliphatic carbocycles. The van der Waals surface area contributed by atoms with Gasteiger partial charge in [0.2, 0.25) is 0 Å². The summed E-state index contributed by atoms with van der Waals surface area (Å²) in [6.07, 6.45) is 5.93. The molecule has 1 aromatic heterocycles. The molecule has 110 valence electrons. The zero-order chi connectivity index (χ0) is 14.7. The van der Waals surface area contributed by atoms with Crippen molar-refractivity contribution < 1.29 is 5.11 Å². The van der Waals surface area contributed by atoms with Crippen LogP contribution in [0, 0.1) is 0 Å². The molecule has 1 fully saturated rings. The fourth-order valence-corrected chi connectivity index (χ4v) is 3.34. The summed E-state index contributed by atoms with van der Waals surface area (Å²) >= 11 is 0. The van der Waals surface area contributed by atoms with E-state index in [0.717, 1.165) is 24.2 Å². The average Bonchev–Trinajstić information content (AvgIpc) is 3.09. The van der Waals surface area contributed by atoms with Crippen molar-refractivity contribution in [1.29, 1.82) is 0 Å². The van der Waals surface area contributed by atoms with Gasteiger partial charge in [0.25, 0.3) is 0 Å². The first-order valence-corrected chi connectivity index (χ1v) is 7.65. The number of rotatable bonds is 4. The van der Waals surface area contributed by atoms with E-state index in [2.05, 4.69) is 16.8 Å². The molecule has 0 radical (unpaired) electrons. The molecule has 1 saturated heterocycles. The lowest BCUT2D eigenvalue weighted by Gasteiger charge is -2.40. The van der Waals surface area contributed by atoms with Crippen molar-refractivity contribution in [1.82, 2.24) is 9.88 Å². The van der Waals surface area contributed by atoms with E-state index in [0.29, 0.717) is 0 Å². The van der Waals surface area contributed by atoms with Crippen LogP contribution in [0.2, 0.25) is 0 Å². The van der Waals surface area contributed by atoms with Crippen LogP contribution < -0.4 is 0 Å². The van der Waals surface area contributed by atoms with Crippen LogP contribution in [-0.2, 0) is 5.60 Å². The summed E-state index contributed by atoms with van der Waals surface area (Å²) in [4.78, 5) is 6.47. The second-order valence-corrected chi connectivity index (χ2v) is 5.79. The van der Waals surface area contributed by atoms with Crippen molar-refractivity contribution in [2.75, 3.05) is 13.1 Å². The zero-order valence-corrected chi connectivity index (χ0v) is 12.4. The van der Waals surface area contributed by atoms with E-state index in [4.69, 9.17) is 0 Å². The third-order valence-electron chi connectivity index (χ3n) is 4.63. The van der Waals surface area contributed by atoms with Crippen LogP contribution >= 0.6 is 0 Å². The number of aromatic nitrogens is 1. The molecule has 3 nitrogen and oxygen atoms in total. The summed E-state index contributed by atoms with van der Waals surface area (Å²) in [5.74, 6) is 0. The minimum Gasteiger partial charge on any atom is -0.379 e. The number of aliphatic hydroxyl groups is 1. The van der Waals surface area contributed by atoms with E-state index >= 15 is 0 Å². The van der Waals surface area contributed by atoms with Gasteiger partial charge in [0.1, 0.15) is 5.60 Å². The van der Waals surface area contributed by atoms with E-state index in [1.54, 1.807) is 12.4 Å². The lowest BCUT2D eigenvalue weighted by atomic mass is 9.80. The molecular weight excluding hydrogens is 260 g/mol. The smallest absolute Gasteiger partial charge is 0.130 e. The second kappa shape index (κ2) is 5.96. The highest BCUT2D eigenvalue weighted by Crippen LogP contribution is 2.36. The summed E-state index contributed by atoms with van der Waals surface area (Å²) in [6.45, 7) is 4.24. The lowest BCUT2D eigenvalue weighted by Crippen LogP contribution is -2.48. The summed E-state index contributed by atoms with van der Waals surface area (Å²) < 4.78 is 0. The second-order valence-electron chi connectivity index (χ2n) is 5.79. The van der Waals surface area contributed by atoms with Crippen LogP contribution in [0.5, 0.6) is 0 Å². The molecule has 0 bridgehead atoms. The summed E-state index contributed by atoms with van der Waals surface area (Å²) in [7, 11) is 0. The summed E-state index contributed by atoms with van der Waals surface area (Å²) in [5, 5.41) is 11.6.